The Bertz CT molecular complexity index is 591. The first-order valence-electron chi connectivity index (χ1n) is 6.09. The molecule has 0 saturated heterocycles. The van der Waals surface area contributed by atoms with Crippen LogP contribution in [-0.4, -0.2) is 26.1 Å². The molecule has 0 spiro atoms. The van der Waals surface area contributed by atoms with Gasteiger partial charge in [0.05, 0.1) is 0 Å². The van der Waals surface area contributed by atoms with Gasteiger partial charge in [0.1, 0.15) is 5.69 Å². The zero-order chi connectivity index (χ0) is 14.8. The average molecular weight is 285 g/mol. The van der Waals surface area contributed by atoms with Crippen molar-refractivity contribution in [3.63, 3.8) is 0 Å². The number of aromatic nitrogens is 4. The predicted octanol–water partition coefficient (Wildman–Crippen LogP) is 2.72. The molecule has 0 aromatic carbocycles. The number of aryl methyl sites for hydroxylation is 1. The van der Waals surface area contributed by atoms with E-state index in [1.807, 2.05) is 6.92 Å². The lowest BCUT2D eigenvalue weighted by atomic mass is 10.3. The van der Waals surface area contributed by atoms with E-state index in [0.29, 0.717) is 12.4 Å². The van der Waals surface area contributed by atoms with E-state index < -0.39 is 11.9 Å². The van der Waals surface area contributed by atoms with Crippen LogP contribution < -0.4 is 5.32 Å². The summed E-state index contributed by atoms with van der Waals surface area (Å²) in [4.78, 5) is 11.6. The highest BCUT2D eigenvalue weighted by molar-refractivity contribution is 5.53. The lowest BCUT2D eigenvalue weighted by Crippen LogP contribution is -2.13. The van der Waals surface area contributed by atoms with Gasteiger partial charge in [-0.15, -0.1) is 0 Å². The fraction of sp³-hybridized carbons (Fsp3) is 0.417. The molecule has 0 atom stereocenters. The summed E-state index contributed by atoms with van der Waals surface area (Å²) in [5.41, 5.74) is -0.845. The standard InChI is InChI=1S/C12H14F3N5/c1-3-4-17-11-18-8(10-16-5-6-20(10)2)7-9(19-11)12(13,14)15/h5-7H,3-4H2,1-2H3,(H,17,18,19). The van der Waals surface area contributed by atoms with Crippen LogP contribution in [0, 0.1) is 0 Å². The Morgan fingerprint density at radius 2 is 2.05 bits per heavy atom. The van der Waals surface area contributed by atoms with Crippen molar-refractivity contribution in [3.8, 4) is 11.5 Å². The van der Waals surface area contributed by atoms with Gasteiger partial charge in [-0.25, -0.2) is 15.0 Å². The van der Waals surface area contributed by atoms with Crippen LogP contribution in [0.3, 0.4) is 0 Å². The molecule has 0 saturated carbocycles. The first kappa shape index (κ1) is 14.3. The molecule has 20 heavy (non-hydrogen) atoms. The molecule has 0 radical (unpaired) electrons. The van der Waals surface area contributed by atoms with Crippen LogP contribution in [0.25, 0.3) is 11.5 Å². The predicted molar refractivity (Wildman–Crippen MR) is 68.0 cm³/mol. The Morgan fingerprint density at radius 3 is 2.60 bits per heavy atom. The first-order chi connectivity index (χ1) is 9.41. The molecular weight excluding hydrogens is 271 g/mol. The molecule has 108 valence electrons. The Balaban J connectivity index is 2.48. The van der Waals surface area contributed by atoms with Crippen LogP contribution in [0.4, 0.5) is 19.1 Å². The van der Waals surface area contributed by atoms with E-state index in [9.17, 15) is 13.2 Å². The minimum atomic E-state index is -4.52. The van der Waals surface area contributed by atoms with Crippen molar-refractivity contribution in [2.75, 3.05) is 11.9 Å². The van der Waals surface area contributed by atoms with Crippen LogP contribution in [0.1, 0.15) is 19.0 Å². The molecule has 0 aliphatic heterocycles. The van der Waals surface area contributed by atoms with E-state index in [0.717, 1.165) is 12.5 Å². The Hall–Kier alpha value is -2.12. The normalized spacial score (nSPS) is 11.7. The topological polar surface area (TPSA) is 55.6 Å². The molecule has 0 aliphatic rings. The van der Waals surface area contributed by atoms with E-state index in [1.165, 1.54) is 6.20 Å². The number of halogens is 3. The van der Waals surface area contributed by atoms with Crippen molar-refractivity contribution in [1.82, 2.24) is 19.5 Å². The van der Waals surface area contributed by atoms with E-state index >= 15 is 0 Å². The summed E-state index contributed by atoms with van der Waals surface area (Å²) in [6, 6.07) is 0.902. The number of imidazole rings is 1. The highest BCUT2D eigenvalue weighted by atomic mass is 19.4. The number of hydrogen-bond donors (Lipinski definition) is 1. The molecule has 5 nitrogen and oxygen atoms in total. The smallest absolute Gasteiger partial charge is 0.354 e. The summed E-state index contributed by atoms with van der Waals surface area (Å²) in [6.07, 6.45) is -0.615. The van der Waals surface area contributed by atoms with Gasteiger partial charge in [-0.05, 0) is 12.5 Å². The molecule has 2 aromatic heterocycles. The number of nitrogens with zero attached hydrogens (tertiary/aromatic N) is 4. The lowest BCUT2D eigenvalue weighted by molar-refractivity contribution is -0.141. The van der Waals surface area contributed by atoms with Gasteiger partial charge in [0.25, 0.3) is 0 Å². The van der Waals surface area contributed by atoms with Crippen molar-refractivity contribution >= 4 is 5.95 Å². The van der Waals surface area contributed by atoms with E-state index in [4.69, 9.17) is 0 Å². The van der Waals surface area contributed by atoms with Gasteiger partial charge in [-0.3, -0.25) is 0 Å². The molecule has 0 amide bonds. The molecule has 0 unspecified atom stereocenters. The van der Waals surface area contributed by atoms with Crippen molar-refractivity contribution in [2.24, 2.45) is 7.05 Å². The second-order valence-electron chi connectivity index (χ2n) is 4.25. The molecule has 0 fully saturated rings. The molecule has 8 heteroatoms. The quantitative estimate of drug-likeness (QED) is 0.938. The fourth-order valence-corrected chi connectivity index (χ4v) is 1.64. The van der Waals surface area contributed by atoms with Gasteiger partial charge in [-0.2, -0.15) is 13.2 Å². The van der Waals surface area contributed by atoms with Crippen molar-refractivity contribution in [2.45, 2.75) is 19.5 Å². The van der Waals surface area contributed by atoms with Crippen LogP contribution in [0.15, 0.2) is 18.5 Å². The van der Waals surface area contributed by atoms with Crippen molar-refractivity contribution in [1.29, 1.82) is 0 Å². The largest absolute Gasteiger partial charge is 0.433 e. The number of rotatable bonds is 4. The SMILES string of the molecule is CCCNc1nc(-c2nccn2C)cc(C(F)(F)F)n1. The van der Waals surface area contributed by atoms with Crippen LogP contribution in [0.2, 0.25) is 0 Å². The Labute approximate surface area is 113 Å². The van der Waals surface area contributed by atoms with Crippen LogP contribution >= 0.6 is 0 Å². The Morgan fingerprint density at radius 1 is 1.30 bits per heavy atom. The minimum Gasteiger partial charge on any atom is -0.354 e. The summed E-state index contributed by atoms with van der Waals surface area (Å²) >= 11 is 0. The van der Waals surface area contributed by atoms with Crippen LogP contribution in [0.5, 0.6) is 0 Å². The zero-order valence-electron chi connectivity index (χ0n) is 11.1. The fourth-order valence-electron chi connectivity index (χ4n) is 1.64. The maximum atomic E-state index is 12.9. The molecule has 2 aromatic rings. The number of anilines is 1. The lowest BCUT2D eigenvalue weighted by Gasteiger charge is -2.11. The number of hydrogen-bond acceptors (Lipinski definition) is 4. The molecule has 2 rings (SSSR count). The zero-order valence-corrected chi connectivity index (χ0v) is 11.1. The van der Waals surface area contributed by atoms with Gasteiger partial charge >= 0.3 is 6.18 Å². The molecular formula is C12H14F3N5. The monoisotopic (exact) mass is 285 g/mol. The van der Waals surface area contributed by atoms with Gasteiger partial charge in [0, 0.05) is 26.0 Å². The first-order valence-corrected chi connectivity index (χ1v) is 6.09. The van der Waals surface area contributed by atoms with Gasteiger partial charge < -0.3 is 9.88 Å². The molecule has 2 heterocycles. The maximum Gasteiger partial charge on any atom is 0.433 e. The third kappa shape index (κ3) is 3.06. The summed E-state index contributed by atoms with van der Waals surface area (Å²) in [7, 11) is 1.69. The second kappa shape index (κ2) is 5.48. The third-order valence-corrected chi connectivity index (χ3v) is 2.60. The highest BCUT2D eigenvalue weighted by Gasteiger charge is 2.34. The average Bonchev–Trinajstić information content (AvgIpc) is 2.81. The van der Waals surface area contributed by atoms with E-state index in [1.54, 1.807) is 17.8 Å². The summed E-state index contributed by atoms with van der Waals surface area (Å²) in [5.74, 6) is 0.317. The van der Waals surface area contributed by atoms with E-state index in [-0.39, 0.29) is 11.6 Å². The number of alkyl halides is 3. The van der Waals surface area contributed by atoms with Gasteiger partial charge in [0.15, 0.2) is 11.5 Å². The van der Waals surface area contributed by atoms with Gasteiger partial charge in [-0.1, -0.05) is 6.92 Å². The maximum absolute atomic E-state index is 12.9. The van der Waals surface area contributed by atoms with Crippen molar-refractivity contribution in [3.05, 3.63) is 24.2 Å². The number of nitrogens with one attached hydrogen (secondary N) is 1. The summed E-state index contributed by atoms with van der Waals surface area (Å²) in [5, 5.41) is 2.77. The summed E-state index contributed by atoms with van der Waals surface area (Å²) < 4.78 is 40.2. The van der Waals surface area contributed by atoms with Crippen LogP contribution in [-0.2, 0) is 13.2 Å². The van der Waals surface area contributed by atoms with Gasteiger partial charge in [0.2, 0.25) is 5.95 Å². The molecule has 0 bridgehead atoms. The highest BCUT2D eigenvalue weighted by Crippen LogP contribution is 2.30. The molecule has 0 aliphatic carbocycles. The van der Waals surface area contributed by atoms with Crippen molar-refractivity contribution < 1.29 is 13.2 Å². The summed E-state index contributed by atoms with van der Waals surface area (Å²) in [6.45, 7) is 2.40. The van der Waals surface area contributed by atoms with E-state index in [2.05, 4.69) is 20.3 Å². The third-order valence-electron chi connectivity index (χ3n) is 2.60. The Kier molecular flexibility index (Phi) is 3.91. The second-order valence-corrected chi connectivity index (χ2v) is 4.25. The minimum absolute atomic E-state index is 0.0420. The molecule has 1 N–H and O–H groups in total.